The molecule has 0 unspecified atom stereocenters. The van der Waals surface area contributed by atoms with Gasteiger partial charge in [0, 0.05) is 42.1 Å². The zero-order chi connectivity index (χ0) is 23.5. The minimum absolute atomic E-state index is 0.0829. The second-order valence-corrected chi connectivity index (χ2v) is 9.15. The van der Waals surface area contributed by atoms with E-state index in [-0.39, 0.29) is 5.91 Å². The van der Waals surface area contributed by atoms with E-state index in [4.69, 9.17) is 0 Å². The molecule has 34 heavy (non-hydrogen) atoms. The predicted molar refractivity (Wildman–Crippen MR) is 131 cm³/mol. The van der Waals surface area contributed by atoms with Gasteiger partial charge in [0.15, 0.2) is 0 Å². The highest BCUT2D eigenvalue weighted by Crippen LogP contribution is 2.33. The topological polar surface area (TPSA) is 78.4 Å². The number of aliphatic hydroxyl groups is 1. The lowest BCUT2D eigenvalue weighted by atomic mass is 9.85. The molecule has 0 radical (unpaired) electrons. The molecule has 1 amide bonds. The molecule has 0 atom stereocenters. The maximum atomic E-state index is 13.5. The summed E-state index contributed by atoms with van der Waals surface area (Å²) in [7, 11) is 0. The van der Waals surface area contributed by atoms with Crippen molar-refractivity contribution >= 4 is 34.4 Å². The fourth-order valence-electron chi connectivity index (χ4n) is 4.20. The highest BCUT2D eigenvalue weighted by molar-refractivity contribution is 8.00. The number of aromatic nitrogens is 2. The molecule has 0 bridgehead atoms. The van der Waals surface area contributed by atoms with E-state index in [0.29, 0.717) is 37.1 Å². The summed E-state index contributed by atoms with van der Waals surface area (Å²) in [4.78, 5) is 23.7. The van der Waals surface area contributed by atoms with Crippen molar-refractivity contribution in [1.82, 2.24) is 14.9 Å². The highest BCUT2D eigenvalue weighted by Gasteiger charge is 2.36. The van der Waals surface area contributed by atoms with Gasteiger partial charge >= 0.3 is 0 Å². The third-order valence-corrected chi connectivity index (χ3v) is 7.04. The second kappa shape index (κ2) is 9.40. The molecule has 6 nitrogen and oxygen atoms in total. The van der Waals surface area contributed by atoms with E-state index in [1.54, 1.807) is 29.3 Å². The number of para-hydroxylation sites is 1. The zero-order valence-electron chi connectivity index (χ0n) is 18.3. The average Bonchev–Trinajstić information content (AvgIpc) is 2.88. The molecule has 8 heteroatoms. The van der Waals surface area contributed by atoms with E-state index < -0.39 is 11.5 Å². The second-order valence-electron chi connectivity index (χ2n) is 8.30. The molecule has 0 aliphatic carbocycles. The van der Waals surface area contributed by atoms with Gasteiger partial charge in [0.25, 0.3) is 5.91 Å². The molecule has 1 fully saturated rings. The van der Waals surface area contributed by atoms with Crippen molar-refractivity contribution in [2.75, 3.05) is 17.8 Å². The quantitative estimate of drug-likeness (QED) is 0.313. The number of nitrogens with zero attached hydrogens (tertiary/aromatic N) is 3. The standard InChI is InChI=1S/C26H23FN4O2S/c27-23-17-20(10-14-28-23)26(33)11-15-31(16-12-26)25(32)19-6-8-21(9-7-19)30-34-22-5-1-3-18-4-2-13-29-24(18)22/h1-10,13-14,17,30,33H,11-12,15-16H2. The lowest BCUT2D eigenvalue weighted by molar-refractivity contribution is -0.0214. The van der Waals surface area contributed by atoms with Crippen LogP contribution in [0.4, 0.5) is 10.1 Å². The van der Waals surface area contributed by atoms with Crippen molar-refractivity contribution in [2.24, 2.45) is 0 Å². The monoisotopic (exact) mass is 474 g/mol. The van der Waals surface area contributed by atoms with Crippen molar-refractivity contribution in [3.8, 4) is 0 Å². The Morgan fingerprint density at radius 2 is 1.76 bits per heavy atom. The number of fused-ring (bicyclic) bond motifs is 1. The molecule has 1 aliphatic heterocycles. The third-order valence-electron chi connectivity index (χ3n) is 6.15. The Kier molecular flexibility index (Phi) is 6.17. The fourth-order valence-corrected chi connectivity index (χ4v) is 4.97. The van der Waals surface area contributed by atoms with Crippen molar-refractivity contribution in [3.05, 3.63) is 96.2 Å². The van der Waals surface area contributed by atoms with Crippen LogP contribution >= 0.6 is 11.9 Å². The lowest BCUT2D eigenvalue weighted by Crippen LogP contribution is -2.45. The first-order chi connectivity index (χ1) is 16.5. The van der Waals surface area contributed by atoms with Gasteiger partial charge in [-0.2, -0.15) is 4.39 Å². The normalized spacial score (nSPS) is 15.3. The van der Waals surface area contributed by atoms with Crippen LogP contribution in [-0.2, 0) is 5.60 Å². The zero-order valence-corrected chi connectivity index (χ0v) is 19.1. The van der Waals surface area contributed by atoms with Crippen LogP contribution < -0.4 is 4.72 Å². The molecule has 2 N–H and O–H groups in total. The Balaban J connectivity index is 1.20. The molecule has 2 aromatic heterocycles. The van der Waals surface area contributed by atoms with Gasteiger partial charge < -0.3 is 14.7 Å². The summed E-state index contributed by atoms with van der Waals surface area (Å²) in [5, 5.41) is 12.0. The van der Waals surface area contributed by atoms with E-state index in [0.717, 1.165) is 21.5 Å². The Morgan fingerprint density at radius 1 is 1.00 bits per heavy atom. The van der Waals surface area contributed by atoms with E-state index >= 15 is 0 Å². The number of benzene rings is 2. The maximum absolute atomic E-state index is 13.5. The van der Waals surface area contributed by atoms with Crippen molar-refractivity contribution in [2.45, 2.75) is 23.3 Å². The van der Waals surface area contributed by atoms with Crippen molar-refractivity contribution in [1.29, 1.82) is 0 Å². The van der Waals surface area contributed by atoms with Crippen molar-refractivity contribution < 1.29 is 14.3 Å². The van der Waals surface area contributed by atoms with Gasteiger partial charge in [-0.1, -0.05) is 18.2 Å². The number of hydrogen-bond acceptors (Lipinski definition) is 6. The number of carbonyl (C=O) groups is 1. The van der Waals surface area contributed by atoms with Gasteiger partial charge in [-0.05, 0) is 78.9 Å². The number of rotatable bonds is 5. The number of pyridine rings is 2. The van der Waals surface area contributed by atoms with E-state index in [2.05, 4.69) is 14.7 Å². The Labute approximate surface area is 201 Å². The van der Waals surface area contributed by atoms with E-state index in [1.807, 2.05) is 42.5 Å². The Morgan fingerprint density at radius 3 is 2.53 bits per heavy atom. The molecule has 2 aromatic carbocycles. The summed E-state index contributed by atoms with van der Waals surface area (Å²) in [6.45, 7) is 0.784. The summed E-state index contributed by atoms with van der Waals surface area (Å²) < 4.78 is 16.8. The summed E-state index contributed by atoms with van der Waals surface area (Å²) in [6.07, 6.45) is 3.82. The molecule has 1 aliphatic rings. The smallest absolute Gasteiger partial charge is 0.253 e. The third kappa shape index (κ3) is 4.60. The highest BCUT2D eigenvalue weighted by atomic mass is 32.2. The molecule has 0 saturated carbocycles. The first-order valence-corrected chi connectivity index (χ1v) is 11.8. The molecule has 172 valence electrons. The van der Waals surface area contributed by atoms with Gasteiger partial charge in [-0.15, -0.1) is 0 Å². The number of anilines is 1. The number of halogens is 1. The Hall–Kier alpha value is -3.49. The molecule has 0 spiro atoms. The minimum atomic E-state index is -1.15. The maximum Gasteiger partial charge on any atom is 0.253 e. The SMILES string of the molecule is O=C(c1ccc(NSc2cccc3cccnc23)cc1)N1CCC(O)(c2ccnc(F)c2)CC1. The lowest BCUT2D eigenvalue weighted by Gasteiger charge is -2.38. The Bertz CT molecular complexity index is 1320. The average molecular weight is 475 g/mol. The van der Waals surface area contributed by atoms with E-state index in [1.165, 1.54) is 24.2 Å². The number of nitrogens with one attached hydrogen (secondary N) is 1. The fraction of sp³-hybridized carbons (Fsp3) is 0.192. The van der Waals surface area contributed by atoms with E-state index in [9.17, 15) is 14.3 Å². The number of hydrogen-bond donors (Lipinski definition) is 2. The van der Waals surface area contributed by atoms with Crippen LogP contribution in [0.5, 0.6) is 0 Å². The van der Waals surface area contributed by atoms with Crippen LogP contribution in [0.3, 0.4) is 0 Å². The summed E-state index contributed by atoms with van der Waals surface area (Å²) in [5.41, 5.74) is 1.75. The van der Waals surface area contributed by atoms with Crippen LogP contribution in [0.1, 0.15) is 28.8 Å². The largest absolute Gasteiger partial charge is 0.385 e. The number of amides is 1. The minimum Gasteiger partial charge on any atom is -0.385 e. The molecular weight excluding hydrogens is 451 g/mol. The summed E-state index contributed by atoms with van der Waals surface area (Å²) in [6, 6.07) is 20.2. The molecule has 5 rings (SSSR count). The summed E-state index contributed by atoms with van der Waals surface area (Å²) in [5.74, 6) is -0.701. The van der Waals surface area contributed by atoms with Crippen molar-refractivity contribution in [3.63, 3.8) is 0 Å². The number of carbonyl (C=O) groups excluding carboxylic acids is 1. The molecule has 4 aromatic rings. The number of piperidine rings is 1. The van der Waals surface area contributed by atoms with Crippen LogP contribution in [0.2, 0.25) is 0 Å². The van der Waals surface area contributed by atoms with Crippen LogP contribution in [0.15, 0.2) is 84.0 Å². The van der Waals surface area contributed by atoms with Crippen LogP contribution in [-0.4, -0.2) is 39.0 Å². The first-order valence-electron chi connectivity index (χ1n) is 11.0. The molecular formula is C26H23FN4O2S. The first kappa shape index (κ1) is 22.3. The van der Waals surface area contributed by atoms with Crippen LogP contribution in [0.25, 0.3) is 10.9 Å². The van der Waals surface area contributed by atoms with Gasteiger partial charge in [0.1, 0.15) is 0 Å². The van der Waals surface area contributed by atoms with Crippen LogP contribution in [0, 0.1) is 5.95 Å². The van der Waals surface area contributed by atoms with Gasteiger partial charge in [0.05, 0.1) is 16.0 Å². The predicted octanol–water partition coefficient (Wildman–Crippen LogP) is 5.01. The van der Waals surface area contributed by atoms with Gasteiger partial charge in [-0.3, -0.25) is 9.78 Å². The number of likely N-dealkylation sites (tertiary alicyclic amines) is 1. The summed E-state index contributed by atoms with van der Waals surface area (Å²) >= 11 is 1.48. The van der Waals surface area contributed by atoms with Gasteiger partial charge in [0.2, 0.25) is 5.95 Å². The van der Waals surface area contributed by atoms with Gasteiger partial charge in [-0.25, -0.2) is 4.98 Å². The molecule has 3 heterocycles. The molecule has 1 saturated heterocycles.